The molecule has 0 bridgehead atoms. The van der Waals surface area contributed by atoms with Crippen LogP contribution < -0.4 is 4.72 Å². The van der Waals surface area contributed by atoms with Gasteiger partial charge in [-0.1, -0.05) is 43.6 Å². The third-order valence-corrected chi connectivity index (χ3v) is 6.71. The molecule has 0 saturated heterocycles. The zero-order valence-electron chi connectivity index (χ0n) is 11.3. The van der Waals surface area contributed by atoms with Crippen molar-refractivity contribution in [1.29, 1.82) is 0 Å². The normalized spacial score (nSPS) is 13.7. The predicted molar refractivity (Wildman–Crippen MR) is 83.4 cm³/mol. The summed E-state index contributed by atoms with van der Waals surface area (Å²) in [5.74, 6) is -1.60. The summed E-state index contributed by atoms with van der Waals surface area (Å²) < 4.78 is 27.7. The van der Waals surface area contributed by atoms with Crippen molar-refractivity contribution in [1.82, 2.24) is 4.72 Å². The van der Waals surface area contributed by atoms with Crippen LogP contribution in [0, 0.1) is 5.92 Å². The molecule has 0 aliphatic heterocycles. The van der Waals surface area contributed by atoms with Crippen molar-refractivity contribution < 1.29 is 18.3 Å². The first-order valence-corrected chi connectivity index (χ1v) is 8.84. The van der Waals surface area contributed by atoms with Crippen LogP contribution in [0.5, 0.6) is 0 Å². The summed E-state index contributed by atoms with van der Waals surface area (Å²) >= 11 is 7.15. The number of thiophene rings is 1. The maximum absolute atomic E-state index is 12.4. The van der Waals surface area contributed by atoms with E-state index in [9.17, 15) is 13.2 Å². The molecule has 1 heterocycles. The minimum atomic E-state index is -3.99. The molecule has 8 heteroatoms. The lowest BCUT2D eigenvalue weighted by Crippen LogP contribution is -2.44. The van der Waals surface area contributed by atoms with E-state index < -0.39 is 22.0 Å². The lowest BCUT2D eigenvalue weighted by molar-refractivity contribution is -0.140. The van der Waals surface area contributed by atoms with Crippen LogP contribution in [0.3, 0.4) is 0 Å². The highest BCUT2D eigenvalue weighted by molar-refractivity contribution is 7.92. The van der Waals surface area contributed by atoms with Crippen LogP contribution >= 0.6 is 22.9 Å². The van der Waals surface area contributed by atoms with Crippen molar-refractivity contribution in [3.05, 3.63) is 29.3 Å². The molecule has 1 aromatic carbocycles. The Hall–Kier alpha value is -1.15. The number of carbonyl (C=O) groups is 1. The molecule has 0 radical (unpaired) electrons. The van der Waals surface area contributed by atoms with Gasteiger partial charge in [0.2, 0.25) is 0 Å². The topological polar surface area (TPSA) is 83.5 Å². The highest BCUT2D eigenvalue weighted by Gasteiger charge is 2.31. The van der Waals surface area contributed by atoms with Crippen molar-refractivity contribution in [3.63, 3.8) is 0 Å². The molecule has 21 heavy (non-hydrogen) atoms. The molecular formula is C13H14ClNO4S2. The maximum atomic E-state index is 12.4. The van der Waals surface area contributed by atoms with Crippen molar-refractivity contribution in [3.8, 4) is 0 Å². The van der Waals surface area contributed by atoms with Crippen molar-refractivity contribution >= 4 is 49.0 Å². The van der Waals surface area contributed by atoms with Gasteiger partial charge in [-0.15, -0.1) is 11.3 Å². The van der Waals surface area contributed by atoms with Crippen LogP contribution in [0.4, 0.5) is 0 Å². The molecule has 1 aromatic heterocycles. The third kappa shape index (κ3) is 3.21. The van der Waals surface area contributed by atoms with Gasteiger partial charge in [0.25, 0.3) is 10.0 Å². The fraction of sp³-hybridized carbons (Fsp3) is 0.308. The average molecular weight is 348 g/mol. The highest BCUT2D eigenvalue weighted by atomic mass is 35.5. The number of carboxylic acid groups (broad SMARTS) is 1. The van der Waals surface area contributed by atoms with Crippen molar-refractivity contribution in [2.24, 2.45) is 5.92 Å². The van der Waals surface area contributed by atoms with Crippen LogP contribution in [-0.4, -0.2) is 25.5 Å². The van der Waals surface area contributed by atoms with E-state index in [2.05, 4.69) is 4.72 Å². The number of aliphatic carboxylic acids is 1. The Morgan fingerprint density at radius 3 is 2.48 bits per heavy atom. The molecule has 5 nitrogen and oxygen atoms in total. The van der Waals surface area contributed by atoms with E-state index >= 15 is 0 Å². The number of benzene rings is 1. The van der Waals surface area contributed by atoms with E-state index in [1.807, 2.05) is 0 Å². The molecule has 1 atom stereocenters. The summed E-state index contributed by atoms with van der Waals surface area (Å²) in [4.78, 5) is 11.2. The van der Waals surface area contributed by atoms with E-state index in [1.165, 1.54) is 0 Å². The molecule has 0 spiro atoms. The summed E-state index contributed by atoms with van der Waals surface area (Å²) in [6, 6.07) is 5.84. The van der Waals surface area contributed by atoms with Gasteiger partial charge < -0.3 is 5.11 Å². The fourth-order valence-electron chi connectivity index (χ4n) is 1.86. The van der Waals surface area contributed by atoms with E-state index in [4.69, 9.17) is 16.7 Å². The second-order valence-corrected chi connectivity index (χ2v) is 8.22. The van der Waals surface area contributed by atoms with Crippen LogP contribution in [0.1, 0.15) is 13.8 Å². The minimum Gasteiger partial charge on any atom is -0.480 e. The Balaban J connectivity index is 2.47. The number of nitrogens with one attached hydrogen (secondary N) is 1. The Kier molecular flexibility index (Phi) is 4.57. The van der Waals surface area contributed by atoms with E-state index in [1.54, 1.807) is 38.1 Å². The predicted octanol–water partition coefficient (Wildman–Crippen LogP) is 2.94. The molecular weight excluding hydrogens is 334 g/mol. The maximum Gasteiger partial charge on any atom is 0.322 e. The van der Waals surface area contributed by atoms with E-state index in [0.717, 1.165) is 16.0 Å². The number of rotatable bonds is 5. The molecule has 0 fully saturated rings. The SMILES string of the molecule is CC(C)C(NS(=O)(=O)c1sc2ccccc2c1Cl)C(=O)O. The first-order valence-electron chi connectivity index (χ1n) is 6.16. The van der Waals surface area contributed by atoms with E-state index in [-0.39, 0.29) is 15.1 Å². The summed E-state index contributed by atoms with van der Waals surface area (Å²) in [6.45, 7) is 3.27. The van der Waals surface area contributed by atoms with Gasteiger partial charge in [0.15, 0.2) is 4.21 Å². The lowest BCUT2D eigenvalue weighted by Gasteiger charge is -2.17. The lowest BCUT2D eigenvalue weighted by atomic mass is 10.1. The van der Waals surface area contributed by atoms with Crippen molar-refractivity contribution in [2.75, 3.05) is 0 Å². The van der Waals surface area contributed by atoms with Gasteiger partial charge in [-0.2, -0.15) is 4.72 Å². The standard InChI is InChI=1S/C13H14ClNO4S2/c1-7(2)11(12(16)17)15-21(18,19)13-10(14)8-5-3-4-6-9(8)20-13/h3-7,11,15H,1-2H3,(H,16,17). The number of hydrogen-bond acceptors (Lipinski definition) is 4. The molecule has 0 aliphatic rings. The first-order chi connectivity index (χ1) is 9.74. The first kappa shape index (κ1) is 16.2. The zero-order valence-corrected chi connectivity index (χ0v) is 13.7. The minimum absolute atomic E-state index is 0.0581. The monoisotopic (exact) mass is 347 g/mol. The van der Waals surface area contributed by atoms with Gasteiger partial charge in [0, 0.05) is 10.1 Å². The molecule has 0 aliphatic carbocycles. The molecule has 0 saturated carbocycles. The second-order valence-electron chi connectivity index (χ2n) is 4.88. The average Bonchev–Trinajstić information content (AvgIpc) is 2.74. The van der Waals surface area contributed by atoms with Crippen LogP contribution in [0.2, 0.25) is 5.02 Å². The molecule has 1 unspecified atom stereocenters. The van der Waals surface area contributed by atoms with Crippen molar-refractivity contribution in [2.45, 2.75) is 24.1 Å². The molecule has 2 aromatic rings. The Labute approximate surface area is 131 Å². The highest BCUT2D eigenvalue weighted by Crippen LogP contribution is 2.38. The van der Waals surface area contributed by atoms with Gasteiger partial charge in [0.1, 0.15) is 6.04 Å². The number of carboxylic acids is 1. The largest absolute Gasteiger partial charge is 0.480 e. The van der Waals surface area contributed by atoms with Gasteiger partial charge in [-0.25, -0.2) is 8.42 Å². The molecule has 0 amide bonds. The summed E-state index contributed by atoms with van der Waals surface area (Å²) in [7, 11) is -3.99. The molecule has 2 N–H and O–H groups in total. The van der Waals surface area contributed by atoms with Gasteiger partial charge in [-0.05, 0) is 12.0 Å². The number of fused-ring (bicyclic) bond motifs is 1. The van der Waals surface area contributed by atoms with E-state index in [0.29, 0.717) is 5.39 Å². The number of hydrogen-bond donors (Lipinski definition) is 2. The molecule has 2 rings (SSSR count). The Morgan fingerprint density at radius 2 is 1.95 bits per heavy atom. The van der Waals surface area contributed by atoms with Crippen LogP contribution in [0.25, 0.3) is 10.1 Å². The third-order valence-electron chi connectivity index (χ3n) is 2.96. The van der Waals surface area contributed by atoms with Crippen LogP contribution in [0.15, 0.2) is 28.5 Å². The fourth-order valence-corrected chi connectivity index (χ4v) is 5.34. The Morgan fingerprint density at radius 1 is 1.33 bits per heavy atom. The van der Waals surface area contributed by atoms with Gasteiger partial charge in [0.05, 0.1) is 5.02 Å². The van der Waals surface area contributed by atoms with Gasteiger partial charge >= 0.3 is 5.97 Å². The second kappa shape index (κ2) is 5.92. The summed E-state index contributed by atoms with van der Waals surface area (Å²) in [5, 5.41) is 9.87. The zero-order chi connectivity index (χ0) is 15.8. The quantitative estimate of drug-likeness (QED) is 0.871. The Bertz CT molecular complexity index is 783. The van der Waals surface area contributed by atoms with Crippen LogP contribution in [-0.2, 0) is 14.8 Å². The summed E-state index contributed by atoms with van der Waals surface area (Å²) in [6.07, 6.45) is 0. The van der Waals surface area contributed by atoms with Gasteiger partial charge in [-0.3, -0.25) is 4.79 Å². The number of halogens is 1. The number of sulfonamides is 1. The molecule has 114 valence electrons. The summed E-state index contributed by atoms with van der Waals surface area (Å²) in [5.41, 5.74) is 0. The smallest absolute Gasteiger partial charge is 0.322 e.